The summed E-state index contributed by atoms with van der Waals surface area (Å²) in [7, 11) is 0. The molecule has 20 heavy (non-hydrogen) atoms. The molecule has 112 valence electrons. The maximum absolute atomic E-state index is 12.3. The van der Waals surface area contributed by atoms with E-state index in [4.69, 9.17) is 4.74 Å². The molecule has 0 radical (unpaired) electrons. The van der Waals surface area contributed by atoms with Crippen molar-refractivity contribution >= 4 is 5.91 Å². The number of aliphatic hydroxyl groups is 1. The minimum Gasteiger partial charge on any atom is -0.388 e. The molecule has 1 aliphatic heterocycles. The lowest BCUT2D eigenvalue weighted by molar-refractivity contribution is -0.0605. The SMILES string of the molecule is CCn1c(C)cc(C(=O)NCC2(O)CCOCC2)c1C. The predicted molar refractivity (Wildman–Crippen MR) is 76.9 cm³/mol. The molecule has 2 rings (SSSR count). The number of amides is 1. The van der Waals surface area contributed by atoms with E-state index in [1.807, 2.05) is 19.9 Å². The average molecular weight is 280 g/mol. The molecule has 0 aliphatic carbocycles. The molecule has 1 aromatic rings. The second-order valence-corrected chi connectivity index (χ2v) is 5.55. The number of ether oxygens (including phenoxy) is 1. The smallest absolute Gasteiger partial charge is 0.253 e. The van der Waals surface area contributed by atoms with Crippen LogP contribution in [0.5, 0.6) is 0 Å². The third kappa shape index (κ3) is 3.04. The van der Waals surface area contributed by atoms with Gasteiger partial charge in [0.05, 0.1) is 11.2 Å². The summed E-state index contributed by atoms with van der Waals surface area (Å²) in [5.41, 5.74) is 1.92. The highest BCUT2D eigenvalue weighted by molar-refractivity contribution is 5.95. The lowest BCUT2D eigenvalue weighted by Crippen LogP contribution is -2.46. The number of carbonyl (C=O) groups excluding carboxylic acids is 1. The minimum atomic E-state index is -0.829. The van der Waals surface area contributed by atoms with Crippen molar-refractivity contribution in [3.8, 4) is 0 Å². The molecule has 1 amide bonds. The van der Waals surface area contributed by atoms with Crippen LogP contribution in [0.3, 0.4) is 0 Å². The van der Waals surface area contributed by atoms with E-state index in [2.05, 4.69) is 16.8 Å². The minimum absolute atomic E-state index is 0.113. The second kappa shape index (κ2) is 5.97. The molecule has 5 nitrogen and oxygen atoms in total. The number of nitrogens with one attached hydrogen (secondary N) is 1. The maximum Gasteiger partial charge on any atom is 0.253 e. The van der Waals surface area contributed by atoms with Gasteiger partial charge >= 0.3 is 0 Å². The molecule has 0 aromatic carbocycles. The highest BCUT2D eigenvalue weighted by atomic mass is 16.5. The van der Waals surface area contributed by atoms with Gasteiger partial charge in [-0.05, 0) is 26.8 Å². The maximum atomic E-state index is 12.3. The van der Waals surface area contributed by atoms with Crippen molar-refractivity contribution in [3.63, 3.8) is 0 Å². The zero-order valence-corrected chi connectivity index (χ0v) is 12.5. The Hall–Kier alpha value is -1.33. The molecule has 5 heteroatoms. The predicted octanol–water partition coefficient (Wildman–Crippen LogP) is 1.40. The van der Waals surface area contributed by atoms with Gasteiger partial charge in [0.2, 0.25) is 0 Å². The molecule has 0 atom stereocenters. The first-order valence-corrected chi connectivity index (χ1v) is 7.22. The van der Waals surface area contributed by atoms with Gasteiger partial charge in [-0.3, -0.25) is 4.79 Å². The van der Waals surface area contributed by atoms with Gasteiger partial charge in [-0.25, -0.2) is 0 Å². The number of rotatable bonds is 4. The zero-order chi connectivity index (χ0) is 14.8. The zero-order valence-electron chi connectivity index (χ0n) is 12.5. The van der Waals surface area contributed by atoms with Crippen molar-refractivity contribution in [2.24, 2.45) is 0 Å². The molecule has 1 saturated heterocycles. The summed E-state index contributed by atoms with van der Waals surface area (Å²) in [5.74, 6) is -0.113. The summed E-state index contributed by atoms with van der Waals surface area (Å²) >= 11 is 0. The van der Waals surface area contributed by atoms with E-state index in [1.54, 1.807) is 0 Å². The molecule has 0 bridgehead atoms. The molecule has 0 unspecified atom stereocenters. The molecule has 0 saturated carbocycles. The van der Waals surface area contributed by atoms with Gasteiger partial charge in [-0.2, -0.15) is 0 Å². The van der Waals surface area contributed by atoms with E-state index < -0.39 is 5.60 Å². The summed E-state index contributed by atoms with van der Waals surface area (Å²) in [6.45, 7) is 8.25. The number of aromatic nitrogens is 1. The fraction of sp³-hybridized carbons (Fsp3) is 0.667. The van der Waals surface area contributed by atoms with Gasteiger partial charge in [-0.1, -0.05) is 0 Å². The Kier molecular flexibility index (Phi) is 4.50. The van der Waals surface area contributed by atoms with Gasteiger partial charge in [0.25, 0.3) is 5.91 Å². The van der Waals surface area contributed by atoms with Crippen LogP contribution in [0.25, 0.3) is 0 Å². The van der Waals surface area contributed by atoms with Crippen molar-refractivity contribution in [2.75, 3.05) is 19.8 Å². The Morgan fingerprint density at radius 3 is 2.65 bits per heavy atom. The number of carbonyl (C=O) groups is 1. The largest absolute Gasteiger partial charge is 0.388 e. The van der Waals surface area contributed by atoms with Crippen molar-refractivity contribution in [3.05, 3.63) is 23.0 Å². The monoisotopic (exact) mass is 280 g/mol. The first-order chi connectivity index (χ1) is 9.47. The van der Waals surface area contributed by atoms with Crippen LogP contribution in [0, 0.1) is 13.8 Å². The van der Waals surface area contributed by atoms with Gasteiger partial charge in [0, 0.05) is 50.5 Å². The van der Waals surface area contributed by atoms with Gasteiger partial charge < -0.3 is 19.7 Å². The first-order valence-electron chi connectivity index (χ1n) is 7.22. The molecule has 1 aliphatic rings. The first kappa shape index (κ1) is 15.1. The Balaban J connectivity index is 2.01. The van der Waals surface area contributed by atoms with Crippen LogP contribution in [0.4, 0.5) is 0 Å². The third-order valence-electron chi connectivity index (χ3n) is 4.14. The second-order valence-electron chi connectivity index (χ2n) is 5.55. The topological polar surface area (TPSA) is 63.5 Å². The van der Waals surface area contributed by atoms with Crippen LogP contribution in [0.1, 0.15) is 41.5 Å². The molecule has 1 fully saturated rings. The van der Waals surface area contributed by atoms with Crippen molar-refractivity contribution < 1.29 is 14.6 Å². The lowest BCUT2D eigenvalue weighted by atomic mass is 9.94. The number of hydrogen-bond acceptors (Lipinski definition) is 3. The van der Waals surface area contributed by atoms with E-state index >= 15 is 0 Å². The highest BCUT2D eigenvalue weighted by Crippen LogP contribution is 2.20. The Morgan fingerprint density at radius 2 is 2.10 bits per heavy atom. The van der Waals surface area contributed by atoms with E-state index in [-0.39, 0.29) is 12.5 Å². The third-order valence-corrected chi connectivity index (χ3v) is 4.14. The van der Waals surface area contributed by atoms with Gasteiger partial charge in [0.1, 0.15) is 0 Å². The van der Waals surface area contributed by atoms with E-state index in [0.29, 0.717) is 31.6 Å². The molecular formula is C15H24N2O3. The lowest BCUT2D eigenvalue weighted by Gasteiger charge is -2.32. The van der Waals surface area contributed by atoms with Gasteiger partial charge in [-0.15, -0.1) is 0 Å². The molecule has 0 spiro atoms. The van der Waals surface area contributed by atoms with Crippen molar-refractivity contribution in [1.29, 1.82) is 0 Å². The fourth-order valence-electron chi connectivity index (χ4n) is 2.79. The van der Waals surface area contributed by atoms with Crippen molar-refractivity contribution in [2.45, 2.75) is 45.8 Å². The Morgan fingerprint density at radius 1 is 1.45 bits per heavy atom. The summed E-state index contributed by atoms with van der Waals surface area (Å²) in [5, 5.41) is 13.2. The summed E-state index contributed by atoms with van der Waals surface area (Å²) in [4.78, 5) is 12.3. The van der Waals surface area contributed by atoms with E-state index in [0.717, 1.165) is 17.9 Å². The fourth-order valence-corrected chi connectivity index (χ4v) is 2.79. The standard InChI is InChI=1S/C15H24N2O3/c1-4-17-11(2)9-13(12(17)3)14(18)16-10-15(19)5-7-20-8-6-15/h9,19H,4-8,10H2,1-3H3,(H,16,18). The number of aryl methyl sites for hydroxylation is 1. The van der Waals surface area contributed by atoms with E-state index in [9.17, 15) is 9.90 Å². The average Bonchev–Trinajstić information content (AvgIpc) is 2.72. The van der Waals surface area contributed by atoms with Gasteiger partial charge in [0.15, 0.2) is 0 Å². The highest BCUT2D eigenvalue weighted by Gasteiger charge is 2.30. The Bertz CT molecular complexity index is 488. The summed E-state index contributed by atoms with van der Waals surface area (Å²) < 4.78 is 7.34. The number of hydrogen-bond donors (Lipinski definition) is 2. The normalized spacial score (nSPS) is 18.0. The van der Waals surface area contributed by atoms with Crippen molar-refractivity contribution in [1.82, 2.24) is 9.88 Å². The van der Waals surface area contributed by atoms with Crippen LogP contribution < -0.4 is 5.32 Å². The van der Waals surface area contributed by atoms with Crippen LogP contribution in [-0.4, -0.2) is 40.9 Å². The molecular weight excluding hydrogens is 256 g/mol. The van der Waals surface area contributed by atoms with Crippen LogP contribution in [-0.2, 0) is 11.3 Å². The quantitative estimate of drug-likeness (QED) is 0.876. The Labute approximate surface area is 119 Å². The number of nitrogens with zero attached hydrogens (tertiary/aromatic N) is 1. The van der Waals surface area contributed by atoms with Crippen LogP contribution in [0.2, 0.25) is 0 Å². The molecule has 2 N–H and O–H groups in total. The van der Waals surface area contributed by atoms with Crippen LogP contribution >= 0.6 is 0 Å². The summed E-state index contributed by atoms with van der Waals surface area (Å²) in [6.07, 6.45) is 1.14. The van der Waals surface area contributed by atoms with E-state index in [1.165, 1.54) is 0 Å². The summed E-state index contributed by atoms with van der Waals surface area (Å²) in [6, 6.07) is 1.90. The van der Waals surface area contributed by atoms with Crippen LogP contribution in [0.15, 0.2) is 6.07 Å². The molecule has 1 aromatic heterocycles. The molecule has 2 heterocycles.